The average Bonchev–Trinajstić information content (AvgIpc) is 3.12. The standard InChI is InChI=1S/C25H32F2N4O7/c1-2-3-4-5-6-14-36-24(35)30-19-11-13-31(23(34)29-19)22-25(26,27)21(33)18(38-22)16-37-20(32)10-9-17-8-7-12-28-15-17/h7-8,11-13,15,18,21-22,33H,2-6,9-10,14,16H2,1H3,(H,29,30,34,35)/t18-,21-,22-/m1/s1. The minimum absolute atomic E-state index is 0.0204. The molecule has 0 bridgehead atoms. The Labute approximate surface area is 218 Å². The number of ether oxygens (including phenoxy) is 3. The fraction of sp³-hybridized carbons (Fsp3) is 0.560. The Bertz CT molecular complexity index is 1120. The molecule has 2 aromatic rings. The summed E-state index contributed by atoms with van der Waals surface area (Å²) in [6.45, 7) is 1.66. The van der Waals surface area contributed by atoms with Gasteiger partial charge in [-0.1, -0.05) is 38.7 Å². The third-order valence-corrected chi connectivity index (χ3v) is 5.92. The lowest BCUT2D eigenvalue weighted by Crippen LogP contribution is -2.42. The molecule has 2 N–H and O–H groups in total. The van der Waals surface area contributed by atoms with Crippen LogP contribution in [0.25, 0.3) is 0 Å². The number of esters is 1. The number of carbonyl (C=O) groups excluding carboxylic acids is 2. The summed E-state index contributed by atoms with van der Waals surface area (Å²) < 4.78 is 45.3. The highest BCUT2D eigenvalue weighted by molar-refractivity contribution is 5.83. The fourth-order valence-electron chi connectivity index (χ4n) is 3.82. The molecule has 11 nitrogen and oxygen atoms in total. The van der Waals surface area contributed by atoms with Crippen LogP contribution in [0.5, 0.6) is 0 Å². The summed E-state index contributed by atoms with van der Waals surface area (Å²) in [5, 5.41) is 12.4. The molecule has 2 aromatic heterocycles. The van der Waals surface area contributed by atoms with Gasteiger partial charge in [0.05, 0.1) is 6.61 Å². The monoisotopic (exact) mass is 538 g/mol. The van der Waals surface area contributed by atoms with Crippen molar-refractivity contribution in [2.45, 2.75) is 76.2 Å². The lowest BCUT2D eigenvalue weighted by atomic mass is 10.1. The highest BCUT2D eigenvalue weighted by Crippen LogP contribution is 2.42. The molecule has 0 unspecified atom stereocenters. The van der Waals surface area contributed by atoms with Gasteiger partial charge >= 0.3 is 23.7 Å². The van der Waals surface area contributed by atoms with Crippen molar-refractivity contribution in [3.8, 4) is 0 Å². The van der Waals surface area contributed by atoms with Gasteiger partial charge in [-0.15, -0.1) is 0 Å². The summed E-state index contributed by atoms with van der Waals surface area (Å²) in [6.07, 6.45) is 2.38. The zero-order valence-electron chi connectivity index (χ0n) is 21.1. The molecule has 0 saturated carbocycles. The summed E-state index contributed by atoms with van der Waals surface area (Å²) in [6, 6.07) is 4.62. The zero-order chi connectivity index (χ0) is 27.5. The second kappa shape index (κ2) is 13.9. The summed E-state index contributed by atoms with van der Waals surface area (Å²) in [7, 11) is 0. The highest BCUT2D eigenvalue weighted by Gasteiger charge is 2.60. The molecule has 3 heterocycles. The second-order valence-corrected chi connectivity index (χ2v) is 8.87. The van der Waals surface area contributed by atoms with Crippen molar-refractivity contribution in [3.05, 3.63) is 52.8 Å². The maximum absolute atomic E-state index is 14.8. The number of nitrogens with one attached hydrogen (secondary N) is 1. The van der Waals surface area contributed by atoms with Gasteiger partial charge in [-0.05, 0) is 30.5 Å². The lowest BCUT2D eigenvalue weighted by Gasteiger charge is -2.21. The van der Waals surface area contributed by atoms with E-state index in [1.807, 2.05) is 0 Å². The number of nitrogens with zero attached hydrogens (tertiary/aromatic N) is 3. The summed E-state index contributed by atoms with van der Waals surface area (Å²) in [5.41, 5.74) is -0.345. The minimum Gasteiger partial charge on any atom is -0.463 e. The van der Waals surface area contributed by atoms with E-state index in [4.69, 9.17) is 14.2 Å². The van der Waals surface area contributed by atoms with Crippen LogP contribution >= 0.6 is 0 Å². The van der Waals surface area contributed by atoms with E-state index in [2.05, 4.69) is 22.2 Å². The topological polar surface area (TPSA) is 142 Å². The molecule has 0 aliphatic carbocycles. The predicted molar refractivity (Wildman–Crippen MR) is 131 cm³/mol. The Kier molecular flexibility index (Phi) is 10.7. The Balaban J connectivity index is 1.52. The van der Waals surface area contributed by atoms with E-state index in [1.54, 1.807) is 24.5 Å². The number of hydrogen-bond donors (Lipinski definition) is 2. The van der Waals surface area contributed by atoms with E-state index >= 15 is 0 Å². The number of hydrogen-bond acceptors (Lipinski definition) is 9. The molecule has 0 aromatic carbocycles. The molecule has 38 heavy (non-hydrogen) atoms. The Hall–Kier alpha value is -3.45. The molecule has 13 heteroatoms. The zero-order valence-corrected chi connectivity index (χ0v) is 21.1. The Morgan fingerprint density at radius 3 is 2.71 bits per heavy atom. The first-order valence-electron chi connectivity index (χ1n) is 12.5. The fourth-order valence-corrected chi connectivity index (χ4v) is 3.82. The number of alkyl halides is 2. The van der Waals surface area contributed by atoms with E-state index in [0.29, 0.717) is 17.4 Å². The van der Waals surface area contributed by atoms with Gasteiger partial charge in [0.1, 0.15) is 18.5 Å². The van der Waals surface area contributed by atoms with Crippen molar-refractivity contribution in [3.63, 3.8) is 0 Å². The number of aryl methyl sites for hydroxylation is 1. The Morgan fingerprint density at radius 2 is 2.00 bits per heavy atom. The van der Waals surface area contributed by atoms with Crippen LogP contribution in [0.2, 0.25) is 0 Å². The number of halogens is 2. The number of aliphatic hydroxyl groups is 1. The van der Waals surface area contributed by atoms with Crippen molar-refractivity contribution in [1.82, 2.24) is 14.5 Å². The van der Waals surface area contributed by atoms with Crippen LogP contribution in [0.4, 0.5) is 19.4 Å². The average molecular weight is 539 g/mol. The number of unbranched alkanes of at least 4 members (excludes halogenated alkanes) is 4. The van der Waals surface area contributed by atoms with E-state index < -0.39 is 48.7 Å². The van der Waals surface area contributed by atoms with E-state index in [9.17, 15) is 28.3 Å². The predicted octanol–water partition coefficient (Wildman–Crippen LogP) is 3.23. The molecule has 1 aliphatic heterocycles. The number of anilines is 1. The SMILES string of the molecule is CCCCCCCOC(=O)Nc1ccn([C@@H]2O[C@H](COC(=O)CCc3cccnc3)[C@@H](O)C2(F)F)c(=O)n1. The first-order chi connectivity index (χ1) is 18.2. The van der Waals surface area contributed by atoms with Gasteiger partial charge in [0.15, 0.2) is 6.10 Å². The quantitative estimate of drug-likeness (QED) is 0.290. The molecule has 1 fully saturated rings. The molecule has 1 saturated heterocycles. The molecule has 1 amide bonds. The number of pyridine rings is 1. The van der Waals surface area contributed by atoms with Gasteiger partial charge in [-0.25, -0.2) is 9.59 Å². The summed E-state index contributed by atoms with van der Waals surface area (Å²) in [5.74, 6) is -4.74. The maximum atomic E-state index is 14.8. The molecule has 3 atom stereocenters. The van der Waals surface area contributed by atoms with Crippen molar-refractivity contribution in [2.24, 2.45) is 0 Å². The van der Waals surface area contributed by atoms with E-state index in [0.717, 1.165) is 43.5 Å². The Morgan fingerprint density at radius 1 is 1.21 bits per heavy atom. The van der Waals surface area contributed by atoms with Crippen molar-refractivity contribution >= 4 is 17.9 Å². The van der Waals surface area contributed by atoms with E-state index in [1.165, 1.54) is 0 Å². The maximum Gasteiger partial charge on any atom is 0.412 e. The molecule has 1 aliphatic rings. The molecule has 3 rings (SSSR count). The second-order valence-electron chi connectivity index (χ2n) is 8.87. The van der Waals surface area contributed by atoms with Gasteiger partial charge in [-0.3, -0.25) is 19.7 Å². The van der Waals surface area contributed by atoms with Crippen LogP contribution in [0.15, 0.2) is 41.6 Å². The molecular formula is C25H32F2N4O7. The van der Waals surface area contributed by atoms with Crippen molar-refractivity contribution in [2.75, 3.05) is 18.5 Å². The first-order valence-corrected chi connectivity index (χ1v) is 12.5. The van der Waals surface area contributed by atoms with Gasteiger partial charge in [0, 0.05) is 25.0 Å². The smallest absolute Gasteiger partial charge is 0.412 e. The van der Waals surface area contributed by atoms with Gasteiger partial charge in [0.2, 0.25) is 6.23 Å². The van der Waals surface area contributed by atoms with Gasteiger partial charge in [0.25, 0.3) is 0 Å². The van der Waals surface area contributed by atoms with Crippen LogP contribution < -0.4 is 11.0 Å². The van der Waals surface area contributed by atoms with Crippen LogP contribution in [-0.2, 0) is 25.4 Å². The molecular weight excluding hydrogens is 506 g/mol. The highest BCUT2D eigenvalue weighted by atomic mass is 19.3. The van der Waals surface area contributed by atoms with Crippen LogP contribution in [0.1, 0.15) is 57.2 Å². The number of aliphatic hydroxyl groups excluding tert-OH is 1. The number of aromatic nitrogens is 3. The van der Waals surface area contributed by atoms with E-state index in [-0.39, 0.29) is 18.8 Å². The third-order valence-electron chi connectivity index (χ3n) is 5.92. The molecule has 0 radical (unpaired) electrons. The number of amides is 1. The minimum atomic E-state index is -3.88. The van der Waals surface area contributed by atoms with Crippen LogP contribution in [-0.4, -0.2) is 63.0 Å². The number of rotatable bonds is 13. The summed E-state index contributed by atoms with van der Waals surface area (Å²) in [4.78, 5) is 43.9. The normalized spacial score (nSPS) is 20.2. The van der Waals surface area contributed by atoms with Crippen molar-refractivity contribution in [1.29, 1.82) is 0 Å². The van der Waals surface area contributed by atoms with Crippen LogP contribution in [0.3, 0.4) is 0 Å². The molecule has 0 spiro atoms. The van der Waals surface area contributed by atoms with Crippen LogP contribution in [0, 0.1) is 0 Å². The largest absolute Gasteiger partial charge is 0.463 e. The molecule has 208 valence electrons. The summed E-state index contributed by atoms with van der Waals surface area (Å²) >= 11 is 0. The lowest BCUT2D eigenvalue weighted by molar-refractivity contribution is -0.150. The first kappa shape index (κ1) is 29.1. The number of carbonyl (C=O) groups is 2. The third kappa shape index (κ3) is 8.02. The van der Waals surface area contributed by atoms with Crippen molar-refractivity contribution < 1.29 is 37.7 Å². The van der Waals surface area contributed by atoms with Gasteiger partial charge in [-0.2, -0.15) is 13.8 Å². The van der Waals surface area contributed by atoms with Gasteiger partial charge < -0.3 is 19.3 Å².